The topological polar surface area (TPSA) is 28.4 Å². The number of hydrogen-bond donors (Lipinski definition) is 1. The lowest BCUT2D eigenvalue weighted by atomic mass is 9.55. The number of furan rings is 1. The Kier molecular flexibility index (Phi) is 9.66. The number of para-hydroxylation sites is 1. The molecule has 0 saturated carbocycles. The molecule has 0 saturated heterocycles. The number of anilines is 5. The van der Waals surface area contributed by atoms with Crippen LogP contribution in [0.15, 0.2) is 120 Å². The molecule has 0 unspecified atom stereocenters. The minimum absolute atomic E-state index is 0.0391. The van der Waals surface area contributed by atoms with Gasteiger partial charge in [-0.2, -0.15) is 0 Å². The van der Waals surface area contributed by atoms with Crippen molar-refractivity contribution in [2.45, 2.75) is 173 Å². The molecule has 8 aromatic rings. The SMILES string of the molecule is CC1(C)CCC(C)(C)c2cc(Nc3c(-c4cc5c(oc6ccccc65)c5c4Bc4cc6c(cc4N5c4ccc5c(c4)C(C)(C)CCC5(C)C)C(C)(C)CCC6(C)C)ccc4c3-c3ccccc3C4(C)C)ccc21. The molecule has 0 spiro atoms. The standard InChI is InChI=1S/C69H75BN2O/c1-63(2)29-31-65(5,6)51-35-40(23-26-48(51)63)71-60-43(25-28-50-58(60)44-20-15-17-21-47(44)69(50,13)14)45-37-46-42-19-16-18-22-57(42)73-62(46)61-59(45)70-55-38-53-54(68(11,12)34-33-67(53,9)10)39-56(55)72(61)41-24-27-49-52(36-41)66(7,8)32-30-64(49,3)4/h15-28,35-39,70-71H,29-34H2,1-14H3. The molecule has 2 heterocycles. The third-order valence-electron chi connectivity index (χ3n) is 19.9. The first kappa shape index (κ1) is 46.8. The maximum absolute atomic E-state index is 7.29. The van der Waals surface area contributed by atoms with E-state index in [0.717, 1.165) is 47.7 Å². The van der Waals surface area contributed by atoms with Gasteiger partial charge in [0, 0.05) is 44.4 Å². The van der Waals surface area contributed by atoms with Crippen molar-refractivity contribution in [3.05, 3.63) is 160 Å². The third kappa shape index (κ3) is 6.76. The highest BCUT2D eigenvalue weighted by Gasteiger charge is 2.44. The van der Waals surface area contributed by atoms with Crippen molar-refractivity contribution >= 4 is 68.6 Å². The van der Waals surface area contributed by atoms with E-state index < -0.39 is 0 Å². The quantitative estimate of drug-likeness (QED) is 0.178. The Morgan fingerprint density at radius 2 is 1.00 bits per heavy atom. The maximum Gasteiger partial charge on any atom is 0.198 e. The van der Waals surface area contributed by atoms with Crippen molar-refractivity contribution in [2.75, 3.05) is 10.2 Å². The first-order chi connectivity index (χ1) is 34.4. The molecule has 13 rings (SSSR count). The van der Waals surface area contributed by atoms with E-state index in [9.17, 15) is 0 Å². The second-order valence-corrected chi connectivity index (χ2v) is 27.8. The van der Waals surface area contributed by atoms with Crippen LogP contribution in [0.3, 0.4) is 0 Å². The minimum Gasteiger partial charge on any atom is -0.454 e. The van der Waals surface area contributed by atoms with Crippen LogP contribution in [0, 0.1) is 0 Å². The second kappa shape index (κ2) is 15.1. The van der Waals surface area contributed by atoms with Crippen molar-refractivity contribution < 1.29 is 4.42 Å². The summed E-state index contributed by atoms with van der Waals surface area (Å²) in [5.74, 6) is 0. The van der Waals surface area contributed by atoms with Crippen LogP contribution in [0.1, 0.15) is 180 Å². The highest BCUT2D eigenvalue weighted by atomic mass is 16.3. The molecular weight excluding hydrogens is 884 g/mol. The van der Waals surface area contributed by atoms with Crippen molar-refractivity contribution in [2.24, 2.45) is 0 Å². The summed E-state index contributed by atoms with van der Waals surface area (Å²) in [6, 6.07) is 45.4. The summed E-state index contributed by atoms with van der Waals surface area (Å²) in [5.41, 5.74) is 27.6. The van der Waals surface area contributed by atoms with Gasteiger partial charge in [-0.3, -0.25) is 0 Å². The van der Waals surface area contributed by atoms with Crippen LogP contribution < -0.4 is 21.1 Å². The summed E-state index contributed by atoms with van der Waals surface area (Å²) in [6.07, 6.45) is 7.04. The summed E-state index contributed by atoms with van der Waals surface area (Å²) in [5, 5.41) is 6.59. The Hall–Kier alpha value is -6.00. The van der Waals surface area contributed by atoms with E-state index >= 15 is 0 Å². The molecule has 1 N–H and O–H groups in total. The molecule has 5 aliphatic rings. The van der Waals surface area contributed by atoms with Crippen molar-refractivity contribution in [1.29, 1.82) is 0 Å². The van der Waals surface area contributed by atoms with Gasteiger partial charge in [-0.1, -0.05) is 175 Å². The number of nitrogens with one attached hydrogen (secondary N) is 1. The van der Waals surface area contributed by atoms with Gasteiger partial charge >= 0.3 is 0 Å². The van der Waals surface area contributed by atoms with E-state index in [-0.39, 0.29) is 37.9 Å². The van der Waals surface area contributed by atoms with E-state index in [1.807, 2.05) is 0 Å². The Labute approximate surface area is 436 Å². The maximum atomic E-state index is 7.29. The lowest BCUT2D eigenvalue weighted by Crippen LogP contribution is -2.44. The Balaban J connectivity index is 1.14. The molecule has 3 nitrogen and oxygen atoms in total. The highest BCUT2D eigenvalue weighted by molar-refractivity contribution is 6.74. The summed E-state index contributed by atoms with van der Waals surface area (Å²) >= 11 is 0. The first-order valence-corrected chi connectivity index (χ1v) is 27.7. The average Bonchev–Trinajstić information content (AvgIpc) is 3.84. The van der Waals surface area contributed by atoms with Crippen LogP contribution in [-0.2, 0) is 37.9 Å². The van der Waals surface area contributed by atoms with Crippen LogP contribution in [-0.4, -0.2) is 7.28 Å². The van der Waals surface area contributed by atoms with Crippen LogP contribution in [0.4, 0.5) is 28.4 Å². The lowest BCUT2D eigenvalue weighted by Gasteiger charge is -2.45. The molecule has 7 aromatic carbocycles. The zero-order chi connectivity index (χ0) is 51.2. The van der Waals surface area contributed by atoms with Crippen LogP contribution in [0.2, 0.25) is 0 Å². The molecule has 4 heteroatoms. The molecule has 0 atom stereocenters. The molecule has 0 radical (unpaired) electrons. The molecule has 0 fully saturated rings. The van der Waals surface area contributed by atoms with Gasteiger partial charge < -0.3 is 14.6 Å². The Bertz CT molecular complexity index is 3680. The Morgan fingerprint density at radius 3 is 1.67 bits per heavy atom. The van der Waals surface area contributed by atoms with Crippen LogP contribution >= 0.6 is 0 Å². The van der Waals surface area contributed by atoms with Gasteiger partial charge in [0.1, 0.15) is 5.58 Å². The molecule has 1 aromatic heterocycles. The second-order valence-electron chi connectivity index (χ2n) is 27.8. The van der Waals surface area contributed by atoms with Gasteiger partial charge in [0.05, 0.1) is 11.4 Å². The molecule has 0 bridgehead atoms. The molecule has 1 aliphatic heterocycles. The zero-order valence-electron chi connectivity index (χ0n) is 46.3. The van der Waals surface area contributed by atoms with Crippen molar-refractivity contribution in [1.82, 2.24) is 0 Å². The molecule has 4 aliphatic carbocycles. The van der Waals surface area contributed by atoms with Gasteiger partial charge in [-0.25, -0.2) is 0 Å². The Morgan fingerprint density at radius 1 is 0.452 bits per heavy atom. The summed E-state index contributed by atoms with van der Waals surface area (Å²) in [4.78, 5) is 2.66. The largest absolute Gasteiger partial charge is 0.454 e. The molecule has 73 heavy (non-hydrogen) atoms. The lowest BCUT2D eigenvalue weighted by molar-refractivity contribution is 0.332. The van der Waals surface area contributed by atoms with Gasteiger partial charge in [0.2, 0.25) is 0 Å². The number of rotatable bonds is 4. The monoisotopic (exact) mass is 959 g/mol. The fraction of sp³-hybridized carbons (Fsp3) is 0.391. The predicted molar refractivity (Wildman–Crippen MR) is 313 cm³/mol. The fourth-order valence-corrected chi connectivity index (χ4v) is 14.8. The molecule has 0 amide bonds. The molecular formula is C69H75BN2O. The van der Waals surface area contributed by atoms with E-state index in [1.165, 1.54) is 126 Å². The summed E-state index contributed by atoms with van der Waals surface area (Å²) < 4.78 is 7.29. The predicted octanol–water partition coefficient (Wildman–Crippen LogP) is 17.5. The normalized spacial score (nSPS) is 20.4. The number of fused-ring (bicyclic) bond motifs is 12. The smallest absolute Gasteiger partial charge is 0.198 e. The molecule has 370 valence electrons. The minimum atomic E-state index is -0.170. The fourth-order valence-electron chi connectivity index (χ4n) is 14.8. The van der Waals surface area contributed by atoms with E-state index in [2.05, 4.69) is 222 Å². The zero-order valence-corrected chi connectivity index (χ0v) is 46.3. The highest BCUT2D eigenvalue weighted by Crippen LogP contribution is 2.57. The van der Waals surface area contributed by atoms with Gasteiger partial charge in [0.15, 0.2) is 12.9 Å². The van der Waals surface area contributed by atoms with Crippen LogP contribution in [0.25, 0.3) is 44.2 Å². The third-order valence-corrected chi connectivity index (χ3v) is 19.9. The van der Waals surface area contributed by atoms with E-state index in [4.69, 9.17) is 4.42 Å². The summed E-state index contributed by atoms with van der Waals surface area (Å²) in [6.45, 7) is 34.3. The van der Waals surface area contributed by atoms with Crippen molar-refractivity contribution in [3.63, 3.8) is 0 Å². The van der Waals surface area contributed by atoms with E-state index in [0.29, 0.717) is 0 Å². The van der Waals surface area contributed by atoms with Crippen LogP contribution in [0.5, 0.6) is 0 Å². The number of hydrogen-bond acceptors (Lipinski definition) is 3. The van der Waals surface area contributed by atoms with E-state index in [1.54, 1.807) is 0 Å². The summed E-state index contributed by atoms with van der Waals surface area (Å²) in [7, 11) is 0.789. The average molecular weight is 959 g/mol. The van der Waals surface area contributed by atoms with Crippen molar-refractivity contribution in [3.8, 4) is 22.3 Å². The van der Waals surface area contributed by atoms with Gasteiger partial charge in [-0.05, 0) is 175 Å². The number of nitrogens with zero attached hydrogens (tertiary/aromatic N) is 1. The number of benzene rings is 7. The van der Waals surface area contributed by atoms with Gasteiger partial charge in [-0.15, -0.1) is 0 Å². The van der Waals surface area contributed by atoms with Gasteiger partial charge in [0.25, 0.3) is 0 Å². The first-order valence-electron chi connectivity index (χ1n) is 27.7.